The number of benzene rings is 1. The molecule has 6 nitrogen and oxygen atoms in total. The second-order valence-corrected chi connectivity index (χ2v) is 9.62. The number of Topliss-reactive ketones (excluding diaryl/α,β-unsaturated/α-hetero) is 1. The highest BCUT2D eigenvalue weighted by atomic mass is 16.5. The number of nitrogens with zero attached hydrogens (tertiary/aromatic N) is 2. The molecule has 6 heteroatoms. The Morgan fingerprint density at radius 3 is 2.79 bits per heavy atom. The van der Waals surface area contributed by atoms with E-state index in [9.17, 15) is 14.9 Å². The predicted molar refractivity (Wildman–Crippen MR) is 123 cm³/mol. The van der Waals surface area contributed by atoms with Crippen molar-refractivity contribution >= 4 is 17.8 Å². The third-order valence-electron chi connectivity index (χ3n) is 7.14. The standard InChI is InChI=1S/C27H27N3O3/c1-33-25-4-2-3-18-10-20(11-22(18)25)26(32)30-23(9-17-5-6-17)24(31)14-27(16-28)12-19-7-8-29-15-21(19)13-27/h2-4,7-8,11,15,17,23H,5-6,9-10,12-14H2,1H3,(H,30,32). The number of fused-ring (bicyclic) bond motifs is 2. The number of carbonyl (C=O) groups excluding carboxylic acids is 2. The maximum atomic E-state index is 13.4. The molecular weight excluding hydrogens is 414 g/mol. The average Bonchev–Trinajstić information content (AvgIpc) is 3.40. The fourth-order valence-electron chi connectivity index (χ4n) is 5.15. The molecule has 2 atom stereocenters. The smallest absolute Gasteiger partial charge is 0.248 e. The van der Waals surface area contributed by atoms with Gasteiger partial charge in [0.25, 0.3) is 0 Å². The van der Waals surface area contributed by atoms with Crippen LogP contribution in [0.2, 0.25) is 0 Å². The number of carbonyl (C=O) groups is 2. The summed E-state index contributed by atoms with van der Waals surface area (Å²) in [7, 11) is 1.62. The molecule has 3 aliphatic carbocycles. The molecule has 168 valence electrons. The number of nitriles is 1. The number of hydrogen-bond donors (Lipinski definition) is 1. The summed E-state index contributed by atoms with van der Waals surface area (Å²) in [5.41, 5.74) is 3.98. The summed E-state index contributed by atoms with van der Waals surface area (Å²) in [5.74, 6) is 0.952. The van der Waals surface area contributed by atoms with Gasteiger partial charge in [0.2, 0.25) is 5.91 Å². The molecule has 1 aromatic carbocycles. The molecule has 0 spiro atoms. The van der Waals surface area contributed by atoms with E-state index in [0.29, 0.717) is 37.2 Å². The van der Waals surface area contributed by atoms with Crippen molar-refractivity contribution in [2.24, 2.45) is 11.3 Å². The monoisotopic (exact) mass is 441 g/mol. The van der Waals surface area contributed by atoms with Crippen LogP contribution >= 0.6 is 0 Å². The van der Waals surface area contributed by atoms with E-state index in [-0.39, 0.29) is 18.1 Å². The molecule has 1 heterocycles. The molecule has 1 aromatic heterocycles. The van der Waals surface area contributed by atoms with Crippen LogP contribution in [0.3, 0.4) is 0 Å². The molecule has 5 rings (SSSR count). The largest absolute Gasteiger partial charge is 0.496 e. The highest BCUT2D eigenvalue weighted by molar-refractivity contribution is 6.03. The van der Waals surface area contributed by atoms with Gasteiger partial charge in [-0.15, -0.1) is 0 Å². The first kappa shape index (κ1) is 21.4. The number of methoxy groups -OCH3 is 1. The van der Waals surface area contributed by atoms with Gasteiger partial charge in [-0.05, 0) is 60.1 Å². The number of hydrogen-bond acceptors (Lipinski definition) is 5. The van der Waals surface area contributed by atoms with Crippen LogP contribution in [0, 0.1) is 22.7 Å². The van der Waals surface area contributed by atoms with Gasteiger partial charge in [0.05, 0.1) is 24.6 Å². The number of ketones is 1. The summed E-state index contributed by atoms with van der Waals surface area (Å²) in [5, 5.41) is 13.0. The Balaban J connectivity index is 1.31. The molecule has 1 saturated carbocycles. The summed E-state index contributed by atoms with van der Waals surface area (Å²) < 4.78 is 5.42. The molecule has 1 N–H and O–H groups in total. The van der Waals surface area contributed by atoms with E-state index < -0.39 is 11.5 Å². The lowest BCUT2D eigenvalue weighted by Crippen LogP contribution is -2.43. The Kier molecular flexibility index (Phi) is 5.49. The lowest BCUT2D eigenvalue weighted by molar-refractivity contribution is -0.127. The van der Waals surface area contributed by atoms with Gasteiger partial charge in [0.1, 0.15) is 5.75 Å². The van der Waals surface area contributed by atoms with Crippen LogP contribution in [0.15, 0.2) is 42.2 Å². The summed E-state index contributed by atoms with van der Waals surface area (Å²) in [6.45, 7) is 0. The fraction of sp³-hybridized carbons (Fsp3) is 0.407. The van der Waals surface area contributed by atoms with Crippen molar-refractivity contribution in [2.45, 2.75) is 51.0 Å². The number of rotatable bonds is 8. The van der Waals surface area contributed by atoms with E-state index in [1.165, 1.54) is 0 Å². The average molecular weight is 442 g/mol. The highest BCUT2D eigenvalue weighted by Gasteiger charge is 2.42. The van der Waals surface area contributed by atoms with E-state index in [0.717, 1.165) is 40.8 Å². The molecule has 2 unspecified atom stereocenters. The van der Waals surface area contributed by atoms with Crippen molar-refractivity contribution in [3.63, 3.8) is 0 Å². The second kappa shape index (κ2) is 8.47. The van der Waals surface area contributed by atoms with Gasteiger partial charge >= 0.3 is 0 Å². The Hall–Kier alpha value is -3.46. The number of amides is 1. The molecule has 0 bridgehead atoms. The molecule has 2 aromatic rings. The normalized spacial score (nSPS) is 21.4. The predicted octanol–water partition coefficient (Wildman–Crippen LogP) is 3.58. The van der Waals surface area contributed by atoms with Crippen LogP contribution in [0.1, 0.15) is 47.9 Å². The van der Waals surface area contributed by atoms with Gasteiger partial charge in [-0.25, -0.2) is 0 Å². The summed E-state index contributed by atoms with van der Waals surface area (Å²) in [4.78, 5) is 30.7. The van der Waals surface area contributed by atoms with Crippen LogP contribution in [0.25, 0.3) is 6.08 Å². The SMILES string of the molecule is COc1cccc2c1C=C(C(=O)NC(CC1CC1)C(=O)CC1(C#N)Cc3ccncc3C1)C2. The summed E-state index contributed by atoms with van der Waals surface area (Å²) in [6, 6.07) is 9.58. The zero-order valence-electron chi connectivity index (χ0n) is 18.8. The number of nitrogens with one attached hydrogen (secondary N) is 1. The molecule has 0 radical (unpaired) electrons. The minimum absolute atomic E-state index is 0.0498. The Morgan fingerprint density at radius 1 is 1.24 bits per heavy atom. The molecule has 3 aliphatic rings. The minimum Gasteiger partial charge on any atom is -0.496 e. The van der Waals surface area contributed by atoms with Crippen LogP contribution in [-0.4, -0.2) is 29.8 Å². The number of aromatic nitrogens is 1. The van der Waals surface area contributed by atoms with Crippen molar-refractivity contribution in [1.82, 2.24) is 10.3 Å². The zero-order valence-corrected chi connectivity index (χ0v) is 18.8. The first-order chi connectivity index (χ1) is 16.0. The lowest BCUT2D eigenvalue weighted by atomic mass is 9.79. The fourth-order valence-corrected chi connectivity index (χ4v) is 5.15. The minimum atomic E-state index is -0.759. The molecule has 1 amide bonds. The van der Waals surface area contributed by atoms with Gasteiger partial charge in [-0.2, -0.15) is 5.26 Å². The molecule has 0 aliphatic heterocycles. The lowest BCUT2D eigenvalue weighted by Gasteiger charge is -2.24. The van der Waals surface area contributed by atoms with Crippen LogP contribution < -0.4 is 10.1 Å². The van der Waals surface area contributed by atoms with Crippen LogP contribution in [-0.2, 0) is 28.9 Å². The Morgan fingerprint density at radius 2 is 2.06 bits per heavy atom. The molecular formula is C27H27N3O3. The van der Waals surface area contributed by atoms with Crippen LogP contribution in [0.4, 0.5) is 0 Å². The molecule has 33 heavy (non-hydrogen) atoms. The van der Waals surface area contributed by atoms with Gasteiger partial charge in [0.15, 0.2) is 5.78 Å². The van der Waals surface area contributed by atoms with Crippen LogP contribution in [0.5, 0.6) is 5.75 Å². The van der Waals surface area contributed by atoms with E-state index in [1.54, 1.807) is 19.5 Å². The second-order valence-electron chi connectivity index (χ2n) is 9.62. The zero-order chi connectivity index (χ0) is 23.0. The maximum Gasteiger partial charge on any atom is 0.248 e. The van der Waals surface area contributed by atoms with Gasteiger partial charge in [-0.3, -0.25) is 14.6 Å². The molecule has 1 fully saturated rings. The van der Waals surface area contributed by atoms with E-state index in [2.05, 4.69) is 16.4 Å². The van der Waals surface area contributed by atoms with Gasteiger partial charge in [-0.1, -0.05) is 25.0 Å². The van der Waals surface area contributed by atoms with Gasteiger partial charge < -0.3 is 10.1 Å². The number of ether oxygens (including phenoxy) is 1. The third-order valence-corrected chi connectivity index (χ3v) is 7.14. The number of pyridine rings is 1. The third kappa shape index (κ3) is 4.28. The van der Waals surface area contributed by atoms with Gasteiger partial charge in [0, 0.05) is 36.4 Å². The quantitative estimate of drug-likeness (QED) is 0.676. The van der Waals surface area contributed by atoms with E-state index >= 15 is 0 Å². The van der Waals surface area contributed by atoms with Crippen molar-refractivity contribution in [1.29, 1.82) is 5.26 Å². The maximum absolute atomic E-state index is 13.4. The van der Waals surface area contributed by atoms with Crippen molar-refractivity contribution in [3.05, 3.63) is 64.5 Å². The molecule has 0 saturated heterocycles. The summed E-state index contributed by atoms with van der Waals surface area (Å²) in [6.07, 6.45) is 9.95. The topological polar surface area (TPSA) is 92.1 Å². The van der Waals surface area contributed by atoms with E-state index in [1.807, 2.05) is 30.3 Å². The first-order valence-corrected chi connectivity index (χ1v) is 11.5. The first-order valence-electron chi connectivity index (χ1n) is 11.5. The van der Waals surface area contributed by atoms with Crippen molar-refractivity contribution in [2.75, 3.05) is 7.11 Å². The van der Waals surface area contributed by atoms with E-state index in [4.69, 9.17) is 4.74 Å². The Labute approximate surface area is 193 Å². The summed E-state index contributed by atoms with van der Waals surface area (Å²) >= 11 is 0. The van der Waals surface area contributed by atoms with Crippen molar-refractivity contribution < 1.29 is 14.3 Å². The highest BCUT2D eigenvalue weighted by Crippen LogP contribution is 2.41. The van der Waals surface area contributed by atoms with Crippen molar-refractivity contribution in [3.8, 4) is 11.8 Å². The Bertz CT molecular complexity index is 1160.